The number of hydrogen-bond acceptors (Lipinski definition) is 5. The Morgan fingerprint density at radius 3 is 2.55 bits per heavy atom. The number of amides is 2. The highest BCUT2D eigenvalue weighted by Gasteiger charge is 2.13. The van der Waals surface area contributed by atoms with E-state index in [-0.39, 0.29) is 12.1 Å². The quantitative estimate of drug-likeness (QED) is 0.255. The third kappa shape index (κ3) is 8.60. The predicted octanol–water partition coefficient (Wildman–Crippen LogP) is 5.01. The van der Waals surface area contributed by atoms with Crippen LogP contribution in [0.25, 0.3) is 11.0 Å². The smallest absolute Gasteiger partial charge is 0.317 e. The van der Waals surface area contributed by atoms with Gasteiger partial charge >= 0.3 is 6.03 Å². The maximum atomic E-state index is 12.5. The molecule has 2 aromatic rings. The molecule has 0 aliphatic heterocycles. The number of nitrogens with zero attached hydrogens (tertiary/aromatic N) is 4. The van der Waals surface area contributed by atoms with E-state index in [9.17, 15) is 4.79 Å². The van der Waals surface area contributed by atoms with Crippen LogP contribution in [-0.2, 0) is 0 Å². The zero-order chi connectivity index (χ0) is 20.9. The van der Waals surface area contributed by atoms with Crippen LogP contribution in [-0.4, -0.2) is 56.0 Å². The first-order chi connectivity index (χ1) is 14.1. The first kappa shape index (κ1) is 23.4. The van der Waals surface area contributed by atoms with E-state index < -0.39 is 0 Å². The predicted molar refractivity (Wildman–Crippen MR) is 120 cm³/mol. The summed E-state index contributed by atoms with van der Waals surface area (Å²) in [6.45, 7) is 7.94. The summed E-state index contributed by atoms with van der Waals surface area (Å²) < 4.78 is 0. The molecule has 29 heavy (non-hydrogen) atoms. The summed E-state index contributed by atoms with van der Waals surface area (Å²) in [5.41, 5.74) is 0.785. The number of aromatic nitrogens is 4. The average Bonchev–Trinajstić information content (AvgIpc) is 3.17. The van der Waals surface area contributed by atoms with Crippen molar-refractivity contribution in [3.8, 4) is 0 Å². The zero-order valence-corrected chi connectivity index (χ0v) is 18.9. The zero-order valence-electron chi connectivity index (χ0n) is 18.1. The van der Waals surface area contributed by atoms with Crippen LogP contribution in [0.4, 0.5) is 4.79 Å². The number of fused-ring (bicyclic) bond motifs is 1. The molecule has 2 N–H and O–H groups in total. The molecule has 2 amide bonds. The molecule has 0 bridgehead atoms. The topological polar surface area (TPSA) is 86.8 Å². The molecular weight excluding hydrogens is 384 g/mol. The number of rotatable bonds is 14. The molecule has 0 unspecified atom stereocenters. The molecule has 0 atom stereocenters. The van der Waals surface area contributed by atoms with Gasteiger partial charge in [-0.05, 0) is 38.9 Å². The Bertz CT molecular complexity index is 720. The molecule has 0 saturated heterocycles. The third-order valence-electron chi connectivity index (χ3n) is 4.75. The number of thioether (sulfide) groups is 1. The van der Waals surface area contributed by atoms with Gasteiger partial charge in [0.1, 0.15) is 11.4 Å². The molecule has 0 saturated carbocycles. The molecule has 0 spiro atoms. The first-order valence-corrected chi connectivity index (χ1v) is 11.9. The van der Waals surface area contributed by atoms with E-state index >= 15 is 0 Å². The highest BCUT2D eigenvalue weighted by atomic mass is 32.2. The molecule has 0 aliphatic rings. The van der Waals surface area contributed by atoms with Crippen LogP contribution in [0.5, 0.6) is 0 Å². The first-order valence-electron chi connectivity index (χ1n) is 10.9. The SMILES string of the molecule is CCCCCCCN(CCCCCSc1ncnc2[nH]ncc12)C(=O)NC(C)C. The van der Waals surface area contributed by atoms with Crippen LogP contribution in [0.15, 0.2) is 17.6 Å². The van der Waals surface area contributed by atoms with Gasteiger partial charge in [0.05, 0.1) is 11.6 Å². The lowest BCUT2D eigenvalue weighted by atomic mass is 10.1. The minimum absolute atomic E-state index is 0.0770. The van der Waals surface area contributed by atoms with Crippen LogP contribution < -0.4 is 5.32 Å². The monoisotopic (exact) mass is 420 g/mol. The summed E-state index contributed by atoms with van der Waals surface area (Å²) in [5.74, 6) is 1.01. The van der Waals surface area contributed by atoms with Gasteiger partial charge in [-0.1, -0.05) is 39.0 Å². The van der Waals surface area contributed by atoms with Crippen LogP contribution in [0, 0.1) is 0 Å². The van der Waals surface area contributed by atoms with Crippen LogP contribution in [0.2, 0.25) is 0 Å². The lowest BCUT2D eigenvalue weighted by Gasteiger charge is -2.24. The van der Waals surface area contributed by atoms with Crippen molar-refractivity contribution in [3.05, 3.63) is 12.5 Å². The fourth-order valence-electron chi connectivity index (χ4n) is 3.17. The second-order valence-electron chi connectivity index (χ2n) is 7.73. The van der Waals surface area contributed by atoms with Crippen LogP contribution in [0.1, 0.15) is 72.1 Å². The van der Waals surface area contributed by atoms with E-state index in [0.29, 0.717) is 0 Å². The van der Waals surface area contributed by atoms with Crippen molar-refractivity contribution in [1.29, 1.82) is 0 Å². The van der Waals surface area contributed by atoms with E-state index in [0.717, 1.165) is 60.6 Å². The third-order valence-corrected chi connectivity index (χ3v) is 5.85. The largest absolute Gasteiger partial charge is 0.336 e. The number of carbonyl (C=O) groups is 1. The second-order valence-corrected chi connectivity index (χ2v) is 8.81. The molecular formula is C21H36N6OS. The van der Waals surface area contributed by atoms with Gasteiger partial charge in [0.2, 0.25) is 0 Å². The molecule has 8 heteroatoms. The van der Waals surface area contributed by atoms with E-state index in [1.54, 1.807) is 24.3 Å². The number of carbonyl (C=O) groups excluding carboxylic acids is 1. The summed E-state index contributed by atoms with van der Waals surface area (Å²) in [4.78, 5) is 23.0. The second kappa shape index (κ2) is 13.4. The Morgan fingerprint density at radius 1 is 1.10 bits per heavy atom. The number of hydrogen-bond donors (Lipinski definition) is 2. The molecule has 0 aliphatic carbocycles. The van der Waals surface area contributed by atoms with Gasteiger partial charge in [-0.3, -0.25) is 5.10 Å². The molecule has 7 nitrogen and oxygen atoms in total. The highest BCUT2D eigenvalue weighted by molar-refractivity contribution is 7.99. The number of H-pyrrole nitrogens is 1. The van der Waals surface area contributed by atoms with Crippen molar-refractivity contribution in [3.63, 3.8) is 0 Å². The van der Waals surface area contributed by atoms with Crippen molar-refractivity contribution in [2.75, 3.05) is 18.8 Å². The number of nitrogens with one attached hydrogen (secondary N) is 2. The molecule has 162 valence electrons. The Kier molecular flexibility index (Phi) is 10.8. The van der Waals surface area contributed by atoms with Crippen molar-refractivity contribution < 1.29 is 4.79 Å². The van der Waals surface area contributed by atoms with Crippen molar-refractivity contribution in [1.82, 2.24) is 30.4 Å². The fraction of sp³-hybridized carbons (Fsp3) is 0.714. The number of unbranched alkanes of at least 4 members (excludes halogenated alkanes) is 6. The van der Waals surface area contributed by atoms with Gasteiger partial charge in [0, 0.05) is 19.1 Å². The molecule has 0 radical (unpaired) electrons. The summed E-state index contributed by atoms with van der Waals surface area (Å²) in [6.07, 6.45) is 12.7. The normalized spacial score (nSPS) is 11.3. The molecule has 2 heterocycles. The highest BCUT2D eigenvalue weighted by Crippen LogP contribution is 2.23. The van der Waals surface area contributed by atoms with Gasteiger partial charge in [-0.2, -0.15) is 5.10 Å². The summed E-state index contributed by atoms with van der Waals surface area (Å²) in [5, 5.41) is 11.9. The number of aromatic amines is 1. The van der Waals surface area contributed by atoms with Crippen LogP contribution >= 0.6 is 11.8 Å². The van der Waals surface area contributed by atoms with Gasteiger partial charge in [-0.15, -0.1) is 11.8 Å². The number of urea groups is 1. The van der Waals surface area contributed by atoms with Crippen molar-refractivity contribution in [2.45, 2.75) is 83.2 Å². The summed E-state index contributed by atoms with van der Waals surface area (Å²) >= 11 is 1.75. The standard InChI is InChI=1S/C21H36N6OS/c1-4-5-6-7-9-12-27(21(28)25-17(2)3)13-10-8-11-14-29-20-18-15-24-26-19(18)22-16-23-20/h15-17H,4-14H2,1-3H3,(H,25,28)(H,22,23,24,26). The summed E-state index contributed by atoms with van der Waals surface area (Å²) in [7, 11) is 0. The molecule has 2 rings (SSSR count). The lowest BCUT2D eigenvalue weighted by Crippen LogP contribution is -2.43. The molecule has 2 aromatic heterocycles. The van der Waals surface area contributed by atoms with E-state index in [1.807, 2.05) is 18.7 Å². The average molecular weight is 421 g/mol. The maximum Gasteiger partial charge on any atom is 0.317 e. The maximum absolute atomic E-state index is 12.5. The summed E-state index contributed by atoms with van der Waals surface area (Å²) in [6, 6.07) is 0.252. The van der Waals surface area contributed by atoms with Gasteiger partial charge < -0.3 is 10.2 Å². The Morgan fingerprint density at radius 2 is 1.83 bits per heavy atom. The van der Waals surface area contributed by atoms with Gasteiger partial charge in [0.25, 0.3) is 0 Å². The van der Waals surface area contributed by atoms with Crippen molar-refractivity contribution >= 4 is 28.8 Å². The Hall–Kier alpha value is -1.83. The van der Waals surface area contributed by atoms with Gasteiger partial charge in [-0.25, -0.2) is 14.8 Å². The van der Waals surface area contributed by atoms with E-state index in [4.69, 9.17) is 0 Å². The minimum Gasteiger partial charge on any atom is -0.336 e. The lowest BCUT2D eigenvalue weighted by molar-refractivity contribution is 0.192. The van der Waals surface area contributed by atoms with Crippen LogP contribution in [0.3, 0.4) is 0 Å². The van der Waals surface area contributed by atoms with Gasteiger partial charge in [0.15, 0.2) is 5.65 Å². The molecule has 0 aromatic carbocycles. The Labute approximate surface area is 178 Å². The Balaban J connectivity index is 1.67. The van der Waals surface area contributed by atoms with Crippen molar-refractivity contribution in [2.24, 2.45) is 0 Å². The fourth-order valence-corrected chi connectivity index (χ4v) is 4.14. The molecule has 0 fully saturated rings. The minimum atomic E-state index is 0.0770. The van der Waals surface area contributed by atoms with E-state index in [1.165, 1.54) is 25.7 Å². The van der Waals surface area contributed by atoms with E-state index in [2.05, 4.69) is 32.4 Å².